The van der Waals surface area contributed by atoms with Gasteiger partial charge < -0.3 is 9.47 Å². The number of hydrogen-bond acceptors (Lipinski definition) is 5. The Balaban J connectivity index is 1.41. The van der Waals surface area contributed by atoms with Gasteiger partial charge in [0.05, 0.1) is 6.10 Å². The first-order valence-corrected chi connectivity index (χ1v) is 10.6. The number of rotatable bonds is 7. The van der Waals surface area contributed by atoms with Crippen LogP contribution < -0.4 is 25.6 Å². The van der Waals surface area contributed by atoms with E-state index in [1.165, 1.54) is 0 Å². The van der Waals surface area contributed by atoms with Gasteiger partial charge in [-0.05, 0) is 72.7 Å². The van der Waals surface area contributed by atoms with Crippen molar-refractivity contribution in [1.82, 2.24) is 16.2 Å². The van der Waals surface area contributed by atoms with E-state index in [9.17, 15) is 9.59 Å². The molecular weight excluding hydrogens is 426 g/mol. The van der Waals surface area contributed by atoms with Crippen LogP contribution in [0.1, 0.15) is 30.6 Å². The van der Waals surface area contributed by atoms with E-state index in [0.29, 0.717) is 17.1 Å². The Morgan fingerprint density at radius 2 is 1.62 bits per heavy atom. The van der Waals surface area contributed by atoms with Crippen molar-refractivity contribution in [2.24, 2.45) is 0 Å². The first-order valence-electron chi connectivity index (χ1n) is 10.2. The smallest absolute Gasteiger partial charge is 0.276 e. The molecule has 0 aliphatic heterocycles. The summed E-state index contributed by atoms with van der Waals surface area (Å²) in [6, 6.07) is 20.2. The summed E-state index contributed by atoms with van der Waals surface area (Å²) in [5, 5.41) is 4.58. The van der Waals surface area contributed by atoms with Gasteiger partial charge in [0.2, 0.25) is 0 Å². The van der Waals surface area contributed by atoms with E-state index in [4.69, 9.17) is 21.7 Å². The molecule has 0 aliphatic rings. The summed E-state index contributed by atoms with van der Waals surface area (Å²) in [7, 11) is 0. The fraction of sp³-hybridized carbons (Fsp3) is 0.208. The summed E-state index contributed by atoms with van der Waals surface area (Å²) >= 11 is 5.05. The Morgan fingerprint density at radius 1 is 0.938 bits per heavy atom. The van der Waals surface area contributed by atoms with Crippen LogP contribution in [0.2, 0.25) is 0 Å². The normalized spacial score (nSPS) is 11.3. The molecule has 2 amide bonds. The summed E-state index contributed by atoms with van der Waals surface area (Å²) in [5.74, 6) is 0.423. The lowest BCUT2D eigenvalue weighted by atomic mass is 10.1. The minimum Gasteiger partial charge on any atom is -0.491 e. The second-order valence-corrected chi connectivity index (χ2v) is 7.52. The largest absolute Gasteiger partial charge is 0.491 e. The van der Waals surface area contributed by atoms with Crippen LogP contribution in [0, 0.1) is 0 Å². The standard InChI is InChI=1S/C24H25N3O4S/c1-3-16(2)31-20-11-9-18(10-12-20)23(29)25-24(32)27-26-22(28)15-30-21-13-8-17-6-4-5-7-19(17)14-21/h4-14,16H,3,15H2,1-2H3,(H,26,28)(H2,25,27,29,32). The highest BCUT2D eigenvalue weighted by molar-refractivity contribution is 7.80. The predicted octanol–water partition coefficient (Wildman–Crippen LogP) is 3.73. The molecule has 0 bridgehead atoms. The van der Waals surface area contributed by atoms with Gasteiger partial charge in [-0.15, -0.1) is 0 Å². The molecule has 0 fully saturated rings. The Kier molecular flexibility index (Phi) is 7.99. The van der Waals surface area contributed by atoms with Crippen LogP contribution in [-0.4, -0.2) is 29.6 Å². The van der Waals surface area contributed by atoms with Gasteiger partial charge in [0.25, 0.3) is 11.8 Å². The Morgan fingerprint density at radius 3 is 2.34 bits per heavy atom. The summed E-state index contributed by atoms with van der Waals surface area (Å²) in [4.78, 5) is 24.3. The van der Waals surface area contributed by atoms with E-state index < -0.39 is 11.8 Å². The third-order valence-electron chi connectivity index (χ3n) is 4.66. The monoisotopic (exact) mass is 451 g/mol. The zero-order valence-electron chi connectivity index (χ0n) is 17.9. The molecule has 1 unspecified atom stereocenters. The average Bonchev–Trinajstić information content (AvgIpc) is 2.81. The highest BCUT2D eigenvalue weighted by Crippen LogP contribution is 2.20. The number of benzene rings is 3. The number of hydrazine groups is 1. The van der Waals surface area contributed by atoms with Crippen molar-refractivity contribution in [3.63, 3.8) is 0 Å². The van der Waals surface area contributed by atoms with Crippen molar-refractivity contribution in [2.45, 2.75) is 26.4 Å². The van der Waals surface area contributed by atoms with Crippen LogP contribution in [-0.2, 0) is 4.79 Å². The molecule has 32 heavy (non-hydrogen) atoms. The van der Waals surface area contributed by atoms with Crippen LogP contribution >= 0.6 is 12.2 Å². The molecule has 7 nitrogen and oxygen atoms in total. The molecule has 8 heteroatoms. The predicted molar refractivity (Wildman–Crippen MR) is 128 cm³/mol. The molecule has 3 N–H and O–H groups in total. The number of nitrogens with one attached hydrogen (secondary N) is 3. The van der Waals surface area contributed by atoms with Crippen LogP contribution in [0.3, 0.4) is 0 Å². The average molecular weight is 452 g/mol. The minimum atomic E-state index is -0.443. The maximum atomic E-state index is 12.3. The molecule has 0 spiro atoms. The molecule has 3 rings (SSSR count). The third kappa shape index (κ3) is 6.68. The van der Waals surface area contributed by atoms with Gasteiger partial charge in [0.1, 0.15) is 11.5 Å². The molecular formula is C24H25N3O4S. The van der Waals surface area contributed by atoms with Gasteiger partial charge in [-0.3, -0.25) is 25.8 Å². The van der Waals surface area contributed by atoms with Crippen LogP contribution in [0.15, 0.2) is 66.7 Å². The Bertz CT molecular complexity index is 1100. The van der Waals surface area contributed by atoms with E-state index in [1.807, 2.05) is 50.2 Å². The second kappa shape index (κ2) is 11.1. The van der Waals surface area contributed by atoms with E-state index in [2.05, 4.69) is 16.2 Å². The van der Waals surface area contributed by atoms with Crippen LogP contribution in [0.5, 0.6) is 11.5 Å². The number of carbonyl (C=O) groups is 2. The molecule has 0 heterocycles. The van der Waals surface area contributed by atoms with Crippen molar-refractivity contribution < 1.29 is 19.1 Å². The van der Waals surface area contributed by atoms with Gasteiger partial charge in [-0.2, -0.15) is 0 Å². The summed E-state index contributed by atoms with van der Waals surface area (Å²) in [6.07, 6.45) is 0.988. The zero-order chi connectivity index (χ0) is 22.9. The summed E-state index contributed by atoms with van der Waals surface area (Å²) in [5.41, 5.74) is 5.30. The molecule has 3 aromatic carbocycles. The van der Waals surface area contributed by atoms with Crippen molar-refractivity contribution in [1.29, 1.82) is 0 Å². The number of amides is 2. The number of ether oxygens (including phenoxy) is 2. The summed E-state index contributed by atoms with van der Waals surface area (Å²) < 4.78 is 11.2. The lowest BCUT2D eigenvalue weighted by Gasteiger charge is -2.13. The molecule has 0 radical (unpaired) electrons. The first-order chi connectivity index (χ1) is 15.4. The lowest BCUT2D eigenvalue weighted by molar-refractivity contribution is -0.123. The van der Waals surface area contributed by atoms with Gasteiger partial charge in [-0.25, -0.2) is 0 Å². The molecule has 0 saturated carbocycles. The maximum absolute atomic E-state index is 12.3. The maximum Gasteiger partial charge on any atom is 0.276 e. The number of fused-ring (bicyclic) bond motifs is 1. The SMILES string of the molecule is CCC(C)Oc1ccc(C(=O)NC(=S)NNC(=O)COc2ccc3ccccc3c2)cc1. The van der Waals surface area contributed by atoms with Gasteiger partial charge in [0.15, 0.2) is 11.7 Å². The van der Waals surface area contributed by atoms with E-state index >= 15 is 0 Å². The highest BCUT2D eigenvalue weighted by Gasteiger charge is 2.10. The molecule has 1 atom stereocenters. The quantitative estimate of drug-likeness (QED) is 0.375. The second-order valence-electron chi connectivity index (χ2n) is 7.12. The van der Waals surface area contributed by atoms with Crippen LogP contribution in [0.4, 0.5) is 0 Å². The van der Waals surface area contributed by atoms with E-state index in [1.54, 1.807) is 30.3 Å². The number of thiocarbonyl (C=S) groups is 1. The van der Waals surface area contributed by atoms with Crippen molar-refractivity contribution in [2.75, 3.05) is 6.61 Å². The number of hydrogen-bond donors (Lipinski definition) is 3. The zero-order valence-corrected chi connectivity index (χ0v) is 18.7. The lowest BCUT2D eigenvalue weighted by Crippen LogP contribution is -2.49. The third-order valence-corrected chi connectivity index (χ3v) is 4.87. The van der Waals surface area contributed by atoms with Gasteiger partial charge in [-0.1, -0.05) is 37.3 Å². The molecule has 3 aromatic rings. The molecule has 166 valence electrons. The topological polar surface area (TPSA) is 88.7 Å². The van der Waals surface area contributed by atoms with Crippen molar-refractivity contribution in [3.8, 4) is 11.5 Å². The first kappa shape index (κ1) is 23.0. The molecule has 0 aromatic heterocycles. The highest BCUT2D eigenvalue weighted by atomic mass is 32.1. The fourth-order valence-electron chi connectivity index (χ4n) is 2.78. The van der Waals surface area contributed by atoms with E-state index in [0.717, 1.165) is 17.2 Å². The van der Waals surface area contributed by atoms with Gasteiger partial charge in [0, 0.05) is 5.56 Å². The fourth-order valence-corrected chi connectivity index (χ4v) is 2.92. The van der Waals surface area contributed by atoms with Crippen molar-refractivity contribution >= 4 is 39.9 Å². The Hall–Kier alpha value is -3.65. The summed E-state index contributed by atoms with van der Waals surface area (Å²) in [6.45, 7) is 3.81. The molecule has 0 saturated heterocycles. The van der Waals surface area contributed by atoms with Gasteiger partial charge >= 0.3 is 0 Å². The van der Waals surface area contributed by atoms with Crippen LogP contribution in [0.25, 0.3) is 10.8 Å². The van der Waals surface area contributed by atoms with E-state index in [-0.39, 0.29) is 17.8 Å². The molecule has 0 aliphatic carbocycles. The Labute approximate surface area is 192 Å². The minimum absolute atomic E-state index is 0.0333. The number of carbonyl (C=O) groups excluding carboxylic acids is 2. The van der Waals surface area contributed by atoms with Crippen molar-refractivity contribution in [3.05, 3.63) is 72.3 Å².